The fourth-order valence-corrected chi connectivity index (χ4v) is 2.31. The van der Waals surface area contributed by atoms with Gasteiger partial charge in [0.05, 0.1) is 15.7 Å². The topological polar surface area (TPSA) is 54.0 Å². The van der Waals surface area contributed by atoms with E-state index >= 15 is 0 Å². The Labute approximate surface area is 116 Å². The molecule has 0 saturated carbocycles. The summed E-state index contributed by atoms with van der Waals surface area (Å²) in [6, 6.07) is 5.76. The highest BCUT2D eigenvalue weighted by Gasteiger charge is 2.12. The van der Waals surface area contributed by atoms with Gasteiger partial charge in [0.15, 0.2) is 0 Å². The number of benzene rings is 1. The van der Waals surface area contributed by atoms with Crippen LogP contribution in [0, 0.1) is 5.92 Å². The predicted octanol–water partition coefficient (Wildman–Crippen LogP) is 2.51. The molecule has 1 amide bonds. The lowest BCUT2D eigenvalue weighted by Gasteiger charge is -2.11. The van der Waals surface area contributed by atoms with Crippen molar-refractivity contribution in [2.45, 2.75) is 6.92 Å². The highest BCUT2D eigenvalue weighted by molar-refractivity contribution is 7.16. The molecule has 18 heavy (non-hydrogen) atoms. The number of halogens is 1. The third kappa shape index (κ3) is 3.41. The lowest BCUT2D eigenvalue weighted by Crippen LogP contribution is -2.28. The number of hydrogen-bond donors (Lipinski definition) is 2. The first-order valence-electron chi connectivity index (χ1n) is 5.49. The van der Waals surface area contributed by atoms with E-state index in [0.29, 0.717) is 6.54 Å². The lowest BCUT2D eigenvalue weighted by atomic mass is 10.1. The van der Waals surface area contributed by atoms with Gasteiger partial charge in [-0.3, -0.25) is 4.79 Å². The Kier molecular flexibility index (Phi) is 5.53. The smallest absolute Gasteiger partial charge is 0.228 e. The highest BCUT2D eigenvalue weighted by atomic mass is 35.5. The van der Waals surface area contributed by atoms with E-state index in [4.69, 9.17) is 0 Å². The van der Waals surface area contributed by atoms with E-state index in [9.17, 15) is 4.79 Å². The normalized spacial score (nSPS) is 11.9. The molecule has 0 aliphatic carbocycles. The number of anilines is 1. The van der Waals surface area contributed by atoms with Gasteiger partial charge in [0.25, 0.3) is 0 Å². The van der Waals surface area contributed by atoms with Gasteiger partial charge in [-0.25, -0.2) is 4.98 Å². The second-order valence-corrected chi connectivity index (χ2v) is 4.87. The molecule has 0 aliphatic heterocycles. The molecule has 6 heteroatoms. The molecule has 1 aromatic carbocycles. The zero-order chi connectivity index (χ0) is 12.3. The molecule has 4 nitrogen and oxygen atoms in total. The van der Waals surface area contributed by atoms with Crippen LogP contribution in [0.2, 0.25) is 0 Å². The van der Waals surface area contributed by atoms with Crippen LogP contribution in [0.5, 0.6) is 0 Å². The van der Waals surface area contributed by atoms with Crippen molar-refractivity contribution < 1.29 is 4.79 Å². The molecule has 1 unspecified atom stereocenters. The summed E-state index contributed by atoms with van der Waals surface area (Å²) in [4.78, 5) is 16.0. The summed E-state index contributed by atoms with van der Waals surface area (Å²) in [5.74, 6) is -0.0135. The number of nitrogens with zero attached hydrogens (tertiary/aromatic N) is 1. The zero-order valence-corrected chi connectivity index (χ0v) is 11.9. The second kappa shape index (κ2) is 6.68. The molecule has 0 aliphatic rings. The van der Waals surface area contributed by atoms with Gasteiger partial charge in [0.1, 0.15) is 0 Å². The van der Waals surface area contributed by atoms with E-state index in [0.717, 1.165) is 15.9 Å². The van der Waals surface area contributed by atoms with E-state index in [1.807, 2.05) is 32.2 Å². The van der Waals surface area contributed by atoms with E-state index in [-0.39, 0.29) is 24.2 Å². The maximum absolute atomic E-state index is 11.8. The number of carbonyl (C=O) groups is 1. The van der Waals surface area contributed by atoms with E-state index < -0.39 is 0 Å². The Morgan fingerprint density at radius 2 is 2.28 bits per heavy atom. The van der Waals surface area contributed by atoms with Crippen LogP contribution in [0.25, 0.3) is 10.2 Å². The third-order valence-electron chi connectivity index (χ3n) is 2.56. The SMILES string of the molecule is CNCC(C)C(=O)Nc1ccc2ncsc2c1.Cl. The van der Waals surface area contributed by atoms with Crippen LogP contribution in [-0.4, -0.2) is 24.5 Å². The van der Waals surface area contributed by atoms with Crippen molar-refractivity contribution in [1.29, 1.82) is 0 Å². The summed E-state index contributed by atoms with van der Waals surface area (Å²) in [6.07, 6.45) is 0. The van der Waals surface area contributed by atoms with Crippen LogP contribution in [0.15, 0.2) is 23.7 Å². The molecule has 0 fully saturated rings. The summed E-state index contributed by atoms with van der Waals surface area (Å²) in [5.41, 5.74) is 3.60. The highest BCUT2D eigenvalue weighted by Crippen LogP contribution is 2.22. The average Bonchev–Trinajstić information content (AvgIpc) is 2.76. The van der Waals surface area contributed by atoms with Crippen LogP contribution < -0.4 is 10.6 Å². The molecule has 2 rings (SSSR count). The molecular weight excluding hydrogens is 270 g/mol. The van der Waals surface area contributed by atoms with Crippen molar-refractivity contribution in [2.75, 3.05) is 18.9 Å². The van der Waals surface area contributed by atoms with Gasteiger partial charge in [-0.15, -0.1) is 23.7 Å². The monoisotopic (exact) mass is 285 g/mol. The fourth-order valence-electron chi connectivity index (χ4n) is 1.60. The Hall–Kier alpha value is -1.17. The van der Waals surface area contributed by atoms with Gasteiger partial charge in [0, 0.05) is 18.2 Å². The maximum atomic E-state index is 11.8. The minimum atomic E-state index is -0.0443. The minimum absolute atomic E-state index is 0. The Bertz CT molecular complexity index is 529. The minimum Gasteiger partial charge on any atom is -0.326 e. The number of carbonyl (C=O) groups excluding carboxylic acids is 1. The summed E-state index contributed by atoms with van der Waals surface area (Å²) < 4.78 is 1.09. The van der Waals surface area contributed by atoms with Crippen LogP contribution >= 0.6 is 23.7 Å². The quantitative estimate of drug-likeness (QED) is 0.907. The van der Waals surface area contributed by atoms with Crippen molar-refractivity contribution in [2.24, 2.45) is 5.92 Å². The summed E-state index contributed by atoms with van der Waals surface area (Å²) in [5, 5.41) is 5.90. The first-order chi connectivity index (χ1) is 8.20. The molecule has 0 spiro atoms. The molecule has 0 bridgehead atoms. The Morgan fingerprint density at radius 1 is 1.50 bits per heavy atom. The lowest BCUT2D eigenvalue weighted by molar-refractivity contribution is -0.119. The summed E-state index contributed by atoms with van der Waals surface area (Å²) >= 11 is 1.57. The molecule has 2 N–H and O–H groups in total. The first kappa shape index (κ1) is 14.9. The van der Waals surface area contributed by atoms with Gasteiger partial charge in [-0.2, -0.15) is 0 Å². The number of nitrogens with one attached hydrogen (secondary N) is 2. The van der Waals surface area contributed by atoms with Crippen molar-refractivity contribution in [3.63, 3.8) is 0 Å². The predicted molar refractivity (Wildman–Crippen MR) is 78.6 cm³/mol. The number of rotatable bonds is 4. The Balaban J connectivity index is 0.00000162. The van der Waals surface area contributed by atoms with Crippen LogP contribution in [-0.2, 0) is 4.79 Å². The van der Waals surface area contributed by atoms with E-state index in [1.54, 1.807) is 16.8 Å². The summed E-state index contributed by atoms with van der Waals surface area (Å²) in [6.45, 7) is 2.58. The average molecular weight is 286 g/mol. The van der Waals surface area contributed by atoms with E-state index in [1.165, 1.54) is 0 Å². The molecule has 1 atom stereocenters. The third-order valence-corrected chi connectivity index (χ3v) is 3.35. The first-order valence-corrected chi connectivity index (χ1v) is 6.37. The molecule has 1 aromatic heterocycles. The number of fused-ring (bicyclic) bond motifs is 1. The molecule has 98 valence electrons. The van der Waals surface area contributed by atoms with Crippen molar-refractivity contribution >= 4 is 45.6 Å². The van der Waals surface area contributed by atoms with Crippen molar-refractivity contribution in [3.05, 3.63) is 23.7 Å². The number of hydrogen-bond acceptors (Lipinski definition) is 4. The van der Waals surface area contributed by atoms with Gasteiger partial charge in [-0.05, 0) is 25.2 Å². The molecule has 0 saturated heterocycles. The Morgan fingerprint density at radius 3 is 3.00 bits per heavy atom. The molecule has 2 aromatic rings. The zero-order valence-electron chi connectivity index (χ0n) is 10.3. The molecule has 0 radical (unpaired) electrons. The van der Waals surface area contributed by atoms with E-state index in [2.05, 4.69) is 15.6 Å². The van der Waals surface area contributed by atoms with Gasteiger partial charge >= 0.3 is 0 Å². The number of aromatic nitrogens is 1. The molecule has 1 heterocycles. The van der Waals surface area contributed by atoms with Gasteiger partial charge < -0.3 is 10.6 Å². The van der Waals surface area contributed by atoms with Crippen LogP contribution in [0.3, 0.4) is 0 Å². The van der Waals surface area contributed by atoms with Crippen LogP contribution in [0.4, 0.5) is 5.69 Å². The number of amides is 1. The largest absolute Gasteiger partial charge is 0.326 e. The van der Waals surface area contributed by atoms with Gasteiger partial charge in [-0.1, -0.05) is 6.92 Å². The van der Waals surface area contributed by atoms with Crippen molar-refractivity contribution in [3.8, 4) is 0 Å². The second-order valence-electron chi connectivity index (χ2n) is 3.98. The number of thiazole rings is 1. The standard InChI is InChI=1S/C12H15N3OS.ClH/c1-8(6-13-2)12(16)15-9-3-4-10-11(5-9)17-7-14-10;/h3-5,7-8,13H,6H2,1-2H3,(H,15,16);1H. The fraction of sp³-hybridized carbons (Fsp3) is 0.333. The summed E-state index contributed by atoms with van der Waals surface area (Å²) in [7, 11) is 1.84. The maximum Gasteiger partial charge on any atom is 0.228 e. The van der Waals surface area contributed by atoms with Gasteiger partial charge in [0.2, 0.25) is 5.91 Å². The van der Waals surface area contributed by atoms with Crippen molar-refractivity contribution in [1.82, 2.24) is 10.3 Å². The molecular formula is C12H16ClN3OS. The van der Waals surface area contributed by atoms with Crippen LogP contribution in [0.1, 0.15) is 6.92 Å².